The summed E-state index contributed by atoms with van der Waals surface area (Å²) >= 11 is 0. The highest BCUT2D eigenvalue weighted by molar-refractivity contribution is 6.08. The van der Waals surface area contributed by atoms with Gasteiger partial charge < -0.3 is 20.3 Å². The Morgan fingerprint density at radius 3 is 2.51 bits per heavy atom. The lowest BCUT2D eigenvalue weighted by atomic mass is 9.85. The van der Waals surface area contributed by atoms with E-state index in [4.69, 9.17) is 4.74 Å². The van der Waals surface area contributed by atoms with Crippen LogP contribution in [0.5, 0.6) is 5.75 Å². The number of rotatable bonds is 10. The molecule has 1 aromatic heterocycles. The molecule has 192 valence electrons. The molecule has 2 N–H and O–H groups in total. The van der Waals surface area contributed by atoms with Gasteiger partial charge in [0.05, 0.1) is 36.2 Å². The molecule has 37 heavy (non-hydrogen) atoms. The summed E-state index contributed by atoms with van der Waals surface area (Å²) < 4.78 is 5.74. The number of nitrogens with zero attached hydrogens (tertiary/aromatic N) is 3. The van der Waals surface area contributed by atoms with E-state index in [1.54, 1.807) is 68.7 Å². The van der Waals surface area contributed by atoms with Crippen LogP contribution >= 0.6 is 0 Å². The first-order valence-corrected chi connectivity index (χ1v) is 12.1. The summed E-state index contributed by atoms with van der Waals surface area (Å²) in [6.45, 7) is 6.90. The van der Waals surface area contributed by atoms with Gasteiger partial charge in [-0.25, -0.2) is 0 Å². The van der Waals surface area contributed by atoms with Crippen LogP contribution in [0.2, 0.25) is 0 Å². The molecule has 0 saturated heterocycles. The lowest BCUT2D eigenvalue weighted by Gasteiger charge is -2.16. The summed E-state index contributed by atoms with van der Waals surface area (Å²) in [7, 11) is 4.02. The molecule has 3 aromatic rings. The van der Waals surface area contributed by atoms with Crippen molar-refractivity contribution in [2.45, 2.75) is 32.6 Å². The molecule has 8 nitrogen and oxygen atoms in total. The second-order valence-corrected chi connectivity index (χ2v) is 9.67. The topological polar surface area (TPSA) is 107 Å². The van der Waals surface area contributed by atoms with E-state index in [0.717, 1.165) is 24.1 Å². The summed E-state index contributed by atoms with van der Waals surface area (Å²) in [5, 5.41) is 15.1. The van der Waals surface area contributed by atoms with E-state index in [9.17, 15) is 14.9 Å². The highest BCUT2D eigenvalue weighted by Crippen LogP contribution is 2.24. The van der Waals surface area contributed by atoms with Gasteiger partial charge in [-0.3, -0.25) is 14.6 Å². The molecule has 8 heteroatoms. The molecule has 0 aliphatic carbocycles. The summed E-state index contributed by atoms with van der Waals surface area (Å²) in [5.41, 5.74) is 2.66. The van der Waals surface area contributed by atoms with Gasteiger partial charge in [-0.05, 0) is 76.7 Å². The van der Waals surface area contributed by atoms with E-state index >= 15 is 0 Å². The monoisotopic (exact) mass is 499 g/mol. The highest BCUT2D eigenvalue weighted by atomic mass is 16.5. The van der Waals surface area contributed by atoms with Crippen LogP contribution in [0.15, 0.2) is 60.9 Å². The van der Waals surface area contributed by atoms with E-state index in [0.29, 0.717) is 34.9 Å². The Morgan fingerprint density at radius 1 is 1.03 bits per heavy atom. The fourth-order valence-corrected chi connectivity index (χ4v) is 3.60. The Morgan fingerprint density at radius 2 is 1.78 bits per heavy atom. The minimum absolute atomic E-state index is 0.321. The molecule has 2 amide bonds. The maximum absolute atomic E-state index is 13.0. The molecule has 0 radical (unpaired) electrons. The first kappa shape index (κ1) is 27.4. The SMILES string of the molecule is Cc1ccc(NC(=O)c2cccc(C(C)(C)C#N)c2)cc1C(=O)Nc1cncc(OCCCN(C)C)c1. The van der Waals surface area contributed by atoms with Crippen molar-refractivity contribution in [3.8, 4) is 11.8 Å². The second kappa shape index (κ2) is 12.2. The van der Waals surface area contributed by atoms with E-state index in [2.05, 4.69) is 26.6 Å². The Labute approximate surface area is 218 Å². The largest absolute Gasteiger partial charge is 0.492 e. The van der Waals surface area contributed by atoms with Crippen LogP contribution in [0, 0.1) is 18.3 Å². The average Bonchev–Trinajstić information content (AvgIpc) is 2.88. The maximum Gasteiger partial charge on any atom is 0.256 e. The number of hydrogen-bond donors (Lipinski definition) is 2. The normalized spacial score (nSPS) is 11.1. The number of anilines is 2. The summed E-state index contributed by atoms with van der Waals surface area (Å²) in [4.78, 5) is 32.2. The van der Waals surface area contributed by atoms with Crippen molar-refractivity contribution in [1.82, 2.24) is 9.88 Å². The summed E-state index contributed by atoms with van der Waals surface area (Å²) in [5.74, 6) is -0.0665. The third-order valence-electron chi connectivity index (χ3n) is 5.86. The van der Waals surface area contributed by atoms with Crippen LogP contribution in [0.4, 0.5) is 11.4 Å². The first-order valence-electron chi connectivity index (χ1n) is 12.1. The Kier molecular flexibility index (Phi) is 8.99. The van der Waals surface area contributed by atoms with Crippen LogP contribution in [0.1, 0.15) is 52.1 Å². The zero-order valence-corrected chi connectivity index (χ0v) is 22.0. The predicted octanol–water partition coefficient (Wildman–Crippen LogP) is 5.03. The number of aryl methyl sites for hydroxylation is 1. The number of benzene rings is 2. The van der Waals surface area contributed by atoms with Crippen LogP contribution in [-0.4, -0.2) is 48.9 Å². The number of nitrogens with one attached hydrogen (secondary N) is 2. The fourth-order valence-electron chi connectivity index (χ4n) is 3.60. The van der Waals surface area contributed by atoms with E-state index < -0.39 is 5.41 Å². The number of carbonyl (C=O) groups is 2. The molecular formula is C29H33N5O3. The summed E-state index contributed by atoms with van der Waals surface area (Å²) in [6, 6.07) is 16.1. The van der Waals surface area contributed by atoms with Crippen molar-refractivity contribution >= 4 is 23.2 Å². The van der Waals surface area contributed by atoms with Crippen LogP contribution < -0.4 is 15.4 Å². The lowest BCUT2D eigenvalue weighted by molar-refractivity contribution is 0.101. The van der Waals surface area contributed by atoms with Crippen LogP contribution in [-0.2, 0) is 5.41 Å². The van der Waals surface area contributed by atoms with Crippen molar-refractivity contribution in [2.24, 2.45) is 0 Å². The molecule has 0 unspecified atom stereocenters. The maximum atomic E-state index is 13.0. The van der Waals surface area contributed by atoms with Gasteiger partial charge in [-0.15, -0.1) is 0 Å². The van der Waals surface area contributed by atoms with Gasteiger partial charge in [0.25, 0.3) is 11.8 Å². The van der Waals surface area contributed by atoms with Crippen molar-refractivity contribution < 1.29 is 14.3 Å². The van der Waals surface area contributed by atoms with Crippen molar-refractivity contribution in [2.75, 3.05) is 37.9 Å². The standard InChI is InChI=1S/C29H33N5O3/c1-20-10-11-23(32-27(35)21-8-6-9-22(14-21)29(2,3)19-30)16-26(20)28(36)33-24-15-25(18-31-17-24)37-13-7-12-34(4)5/h6,8-11,14-18H,7,12-13H2,1-5H3,(H,32,35)(H,33,36). The molecule has 0 saturated carbocycles. The number of carbonyl (C=O) groups excluding carboxylic acids is 2. The van der Waals surface area contributed by atoms with Crippen LogP contribution in [0.25, 0.3) is 0 Å². The third kappa shape index (κ3) is 7.63. The van der Waals surface area contributed by atoms with E-state index in [1.807, 2.05) is 27.1 Å². The molecule has 0 atom stereocenters. The minimum Gasteiger partial charge on any atom is -0.492 e. The lowest BCUT2D eigenvalue weighted by Crippen LogP contribution is -2.18. The number of hydrogen-bond acceptors (Lipinski definition) is 6. The number of nitriles is 1. The highest BCUT2D eigenvalue weighted by Gasteiger charge is 2.21. The molecular weight excluding hydrogens is 466 g/mol. The Bertz CT molecular complexity index is 1310. The molecule has 0 aliphatic rings. The van der Waals surface area contributed by atoms with Gasteiger partial charge in [0.2, 0.25) is 0 Å². The average molecular weight is 500 g/mol. The molecule has 0 fully saturated rings. The quantitative estimate of drug-likeness (QED) is 0.379. The number of pyridine rings is 1. The molecule has 0 bridgehead atoms. The zero-order valence-electron chi connectivity index (χ0n) is 22.0. The number of amides is 2. The second-order valence-electron chi connectivity index (χ2n) is 9.67. The van der Waals surface area contributed by atoms with E-state index in [-0.39, 0.29) is 11.8 Å². The number of ether oxygens (including phenoxy) is 1. The summed E-state index contributed by atoms with van der Waals surface area (Å²) in [6.07, 6.45) is 4.04. The molecule has 0 spiro atoms. The van der Waals surface area contributed by atoms with Crippen molar-refractivity contribution in [1.29, 1.82) is 5.26 Å². The molecule has 0 aliphatic heterocycles. The van der Waals surface area contributed by atoms with Gasteiger partial charge in [-0.2, -0.15) is 5.26 Å². The Hall–Kier alpha value is -4.22. The van der Waals surface area contributed by atoms with Crippen molar-refractivity contribution in [3.63, 3.8) is 0 Å². The molecule has 1 heterocycles. The van der Waals surface area contributed by atoms with Crippen LogP contribution in [0.3, 0.4) is 0 Å². The number of aromatic nitrogens is 1. The van der Waals surface area contributed by atoms with Gasteiger partial charge >= 0.3 is 0 Å². The van der Waals surface area contributed by atoms with Crippen molar-refractivity contribution in [3.05, 3.63) is 83.2 Å². The minimum atomic E-state index is -0.713. The van der Waals surface area contributed by atoms with Gasteiger partial charge in [0.15, 0.2) is 0 Å². The smallest absolute Gasteiger partial charge is 0.256 e. The molecule has 2 aromatic carbocycles. The third-order valence-corrected chi connectivity index (χ3v) is 5.86. The predicted molar refractivity (Wildman–Crippen MR) is 145 cm³/mol. The van der Waals surface area contributed by atoms with Gasteiger partial charge in [-0.1, -0.05) is 18.2 Å². The first-order chi connectivity index (χ1) is 17.6. The zero-order chi connectivity index (χ0) is 27.0. The fraction of sp³-hybridized carbons (Fsp3) is 0.310. The van der Waals surface area contributed by atoms with E-state index in [1.165, 1.54) is 0 Å². The van der Waals surface area contributed by atoms with Gasteiger partial charge in [0.1, 0.15) is 5.75 Å². The Balaban J connectivity index is 1.69. The molecule has 3 rings (SSSR count). The van der Waals surface area contributed by atoms with Gasteiger partial charge in [0, 0.05) is 29.4 Å².